The molecule has 0 radical (unpaired) electrons. The first kappa shape index (κ1) is 25.0. The van der Waals surface area contributed by atoms with E-state index in [1.807, 2.05) is 42.5 Å². The Bertz CT molecular complexity index is 1090. The molecule has 0 aromatic heterocycles. The first-order valence-corrected chi connectivity index (χ1v) is 13.3. The molecule has 5 rings (SSSR count). The van der Waals surface area contributed by atoms with Crippen LogP contribution in [-0.2, 0) is 16.0 Å². The lowest BCUT2D eigenvalue weighted by molar-refractivity contribution is -0.123. The number of fused-ring (bicyclic) bond motifs is 1. The number of aliphatic hydroxyl groups excluding tert-OH is 1. The summed E-state index contributed by atoms with van der Waals surface area (Å²) in [5.74, 6) is 0.574. The van der Waals surface area contributed by atoms with Gasteiger partial charge >= 0.3 is 6.09 Å². The predicted molar refractivity (Wildman–Crippen MR) is 138 cm³/mol. The van der Waals surface area contributed by atoms with Gasteiger partial charge in [-0.05, 0) is 49.4 Å². The van der Waals surface area contributed by atoms with Crippen LogP contribution >= 0.6 is 15.9 Å². The first-order chi connectivity index (χ1) is 17.4. The number of hydrogen-bond acceptors (Lipinski definition) is 6. The number of hydrogen-bond donors (Lipinski definition) is 3. The van der Waals surface area contributed by atoms with Gasteiger partial charge in [-0.3, -0.25) is 9.69 Å². The highest BCUT2D eigenvalue weighted by Gasteiger charge is 2.45. The van der Waals surface area contributed by atoms with Gasteiger partial charge in [0.05, 0.1) is 18.7 Å². The van der Waals surface area contributed by atoms with E-state index in [-0.39, 0.29) is 30.7 Å². The van der Waals surface area contributed by atoms with Gasteiger partial charge in [-0.25, -0.2) is 4.79 Å². The second kappa shape index (κ2) is 10.8. The smallest absolute Gasteiger partial charge is 0.410 e. The third kappa shape index (κ3) is 5.68. The molecule has 36 heavy (non-hydrogen) atoms. The van der Waals surface area contributed by atoms with E-state index in [1.165, 1.54) is 4.90 Å². The predicted octanol–water partition coefficient (Wildman–Crippen LogP) is 3.33. The Morgan fingerprint density at radius 1 is 1.22 bits per heavy atom. The van der Waals surface area contributed by atoms with Gasteiger partial charge in [0, 0.05) is 29.0 Å². The van der Waals surface area contributed by atoms with Crippen LogP contribution < -0.4 is 15.4 Å². The largest absolute Gasteiger partial charge is 0.487 e. The molecule has 3 aliphatic rings. The Hall–Kier alpha value is -2.62. The second-order valence-corrected chi connectivity index (χ2v) is 10.9. The van der Waals surface area contributed by atoms with Gasteiger partial charge in [-0.1, -0.05) is 46.3 Å². The zero-order valence-electron chi connectivity index (χ0n) is 20.1. The molecule has 2 aliphatic heterocycles. The average Bonchev–Trinajstić information content (AvgIpc) is 3.25. The summed E-state index contributed by atoms with van der Waals surface area (Å²) in [5, 5.41) is 17.8. The van der Waals surface area contributed by atoms with E-state index in [0.717, 1.165) is 47.0 Å². The van der Waals surface area contributed by atoms with Gasteiger partial charge < -0.3 is 25.2 Å². The van der Waals surface area contributed by atoms with E-state index in [4.69, 9.17) is 9.47 Å². The number of carbonyl (C=O) groups excluding carboxylic acids is 2. The minimum absolute atomic E-state index is 0.0358. The lowest BCUT2D eigenvalue weighted by Crippen LogP contribution is -2.53. The highest BCUT2D eigenvalue weighted by Crippen LogP contribution is 2.49. The lowest BCUT2D eigenvalue weighted by Gasteiger charge is -2.48. The number of ether oxygens (including phenoxy) is 2. The van der Waals surface area contributed by atoms with Crippen LogP contribution in [0.5, 0.6) is 5.75 Å². The number of amides is 2. The molecule has 3 atom stereocenters. The highest BCUT2D eigenvalue weighted by atomic mass is 79.9. The van der Waals surface area contributed by atoms with Gasteiger partial charge in [-0.2, -0.15) is 0 Å². The van der Waals surface area contributed by atoms with Crippen molar-refractivity contribution in [2.24, 2.45) is 0 Å². The van der Waals surface area contributed by atoms with Gasteiger partial charge in [0.25, 0.3) is 0 Å². The zero-order valence-corrected chi connectivity index (χ0v) is 21.7. The summed E-state index contributed by atoms with van der Waals surface area (Å²) in [6.45, 7) is 0.890. The van der Waals surface area contributed by atoms with Crippen molar-refractivity contribution in [2.75, 3.05) is 26.2 Å². The minimum atomic E-state index is -0.838. The standard InChI is InChI=1S/C27H32BrN3O5/c28-19-7-8-24-20(14-19)22(15-27(36-24)9-4-10-27)29-16-23(32)21(13-18-5-2-1-3-6-18)30-25(33)17-31-11-12-35-26(31)34/h1-3,5-8,14,21-23,29,32H,4,9-13,15-17H2,(H,30,33)/t21-,22-,23+/m0/s1. The molecule has 2 aromatic carbocycles. The third-order valence-electron chi connectivity index (χ3n) is 7.38. The third-order valence-corrected chi connectivity index (χ3v) is 7.87. The quantitative estimate of drug-likeness (QED) is 0.437. The minimum Gasteiger partial charge on any atom is -0.487 e. The number of halogens is 1. The molecule has 2 fully saturated rings. The van der Waals surface area contributed by atoms with Crippen molar-refractivity contribution in [3.63, 3.8) is 0 Å². The van der Waals surface area contributed by atoms with Crippen LogP contribution in [0.1, 0.15) is 42.9 Å². The number of nitrogens with one attached hydrogen (secondary N) is 2. The summed E-state index contributed by atoms with van der Waals surface area (Å²) in [4.78, 5) is 25.9. The number of benzene rings is 2. The Labute approximate surface area is 219 Å². The topological polar surface area (TPSA) is 100 Å². The molecule has 8 nitrogen and oxygen atoms in total. The van der Waals surface area contributed by atoms with E-state index >= 15 is 0 Å². The van der Waals surface area contributed by atoms with E-state index < -0.39 is 18.2 Å². The van der Waals surface area contributed by atoms with Gasteiger partial charge in [0.2, 0.25) is 5.91 Å². The second-order valence-electron chi connectivity index (χ2n) is 9.95. The zero-order chi connectivity index (χ0) is 25.1. The van der Waals surface area contributed by atoms with Crippen LogP contribution in [-0.4, -0.2) is 66.0 Å². The molecule has 0 unspecified atom stereocenters. The van der Waals surface area contributed by atoms with E-state index in [0.29, 0.717) is 19.5 Å². The Kier molecular flexibility index (Phi) is 7.50. The lowest BCUT2D eigenvalue weighted by atomic mass is 9.73. The van der Waals surface area contributed by atoms with Crippen molar-refractivity contribution in [1.29, 1.82) is 0 Å². The highest BCUT2D eigenvalue weighted by molar-refractivity contribution is 9.10. The van der Waals surface area contributed by atoms with Crippen molar-refractivity contribution in [1.82, 2.24) is 15.5 Å². The number of cyclic esters (lactones) is 1. The SMILES string of the molecule is O=C(CN1CCOC1=O)N[C@@H](Cc1ccccc1)[C@H](O)CN[C@H]1CC2(CCC2)Oc2ccc(Br)cc21. The van der Waals surface area contributed by atoms with Gasteiger partial charge in [0.1, 0.15) is 24.5 Å². The molecule has 1 saturated carbocycles. The summed E-state index contributed by atoms with van der Waals surface area (Å²) >= 11 is 3.57. The maximum atomic E-state index is 12.8. The fourth-order valence-corrected chi connectivity index (χ4v) is 5.63. The maximum Gasteiger partial charge on any atom is 0.410 e. The Morgan fingerprint density at radius 3 is 2.72 bits per heavy atom. The number of carbonyl (C=O) groups is 2. The van der Waals surface area contributed by atoms with Crippen molar-refractivity contribution >= 4 is 27.9 Å². The summed E-state index contributed by atoms with van der Waals surface area (Å²) < 4.78 is 12.3. The van der Waals surface area contributed by atoms with Crippen LogP contribution in [0.4, 0.5) is 4.79 Å². The van der Waals surface area contributed by atoms with Crippen LogP contribution in [0.15, 0.2) is 53.0 Å². The fraction of sp³-hybridized carbons (Fsp3) is 0.481. The summed E-state index contributed by atoms with van der Waals surface area (Å²) in [7, 11) is 0. The van der Waals surface area contributed by atoms with Gasteiger partial charge in [-0.15, -0.1) is 0 Å². The maximum absolute atomic E-state index is 12.8. The van der Waals surface area contributed by atoms with Crippen molar-refractivity contribution in [3.05, 3.63) is 64.1 Å². The number of aliphatic hydroxyl groups is 1. The van der Waals surface area contributed by atoms with E-state index in [9.17, 15) is 14.7 Å². The molecule has 0 bridgehead atoms. The molecular formula is C27H32BrN3O5. The monoisotopic (exact) mass is 557 g/mol. The Balaban J connectivity index is 1.27. The first-order valence-electron chi connectivity index (χ1n) is 12.6. The molecule has 192 valence electrons. The summed E-state index contributed by atoms with van der Waals surface area (Å²) in [5.41, 5.74) is 1.95. The van der Waals surface area contributed by atoms with Crippen LogP contribution in [0.25, 0.3) is 0 Å². The number of rotatable bonds is 9. The van der Waals surface area contributed by atoms with E-state index in [2.05, 4.69) is 32.6 Å². The Morgan fingerprint density at radius 2 is 2.03 bits per heavy atom. The van der Waals surface area contributed by atoms with Gasteiger partial charge in [0.15, 0.2) is 0 Å². The fourth-order valence-electron chi connectivity index (χ4n) is 5.25. The van der Waals surface area contributed by atoms with Crippen molar-refractivity contribution in [2.45, 2.75) is 55.9 Å². The molecule has 1 aliphatic carbocycles. The average molecular weight is 558 g/mol. The number of nitrogens with zero attached hydrogens (tertiary/aromatic N) is 1. The molecule has 1 spiro atoms. The molecule has 2 amide bonds. The van der Waals surface area contributed by atoms with Crippen LogP contribution in [0.2, 0.25) is 0 Å². The molecule has 3 N–H and O–H groups in total. The van der Waals surface area contributed by atoms with Crippen LogP contribution in [0.3, 0.4) is 0 Å². The molecule has 1 saturated heterocycles. The molecule has 2 heterocycles. The molecular weight excluding hydrogens is 526 g/mol. The molecule has 2 aromatic rings. The molecule has 9 heteroatoms. The summed E-state index contributed by atoms with van der Waals surface area (Å²) in [6, 6.07) is 15.3. The van der Waals surface area contributed by atoms with Crippen molar-refractivity contribution < 1.29 is 24.2 Å². The summed E-state index contributed by atoms with van der Waals surface area (Å²) in [6.07, 6.45) is 3.23. The normalized spacial score (nSPS) is 21.7. The van der Waals surface area contributed by atoms with E-state index in [1.54, 1.807) is 0 Å². The van der Waals surface area contributed by atoms with Crippen molar-refractivity contribution in [3.8, 4) is 5.75 Å². The van der Waals surface area contributed by atoms with Crippen LogP contribution in [0, 0.1) is 0 Å².